The zero-order valence-corrected chi connectivity index (χ0v) is 6.50. The van der Waals surface area contributed by atoms with Gasteiger partial charge in [-0.15, -0.1) is 0 Å². The lowest BCUT2D eigenvalue weighted by atomic mass is 10.2. The minimum atomic E-state index is -0.752. The molecule has 0 aliphatic carbocycles. The monoisotopic (exact) mass is 169 g/mol. The summed E-state index contributed by atoms with van der Waals surface area (Å²) >= 11 is 0. The molecule has 0 unspecified atom stereocenters. The van der Waals surface area contributed by atoms with E-state index in [0.29, 0.717) is 5.75 Å². The molecule has 0 spiro atoms. The van der Waals surface area contributed by atoms with Gasteiger partial charge < -0.3 is 4.74 Å². The lowest BCUT2D eigenvalue weighted by Crippen LogP contribution is -2.13. The number of benzene rings is 1. The van der Waals surface area contributed by atoms with Crippen LogP contribution in [0.1, 0.15) is 10.4 Å². The molecule has 12 heavy (non-hydrogen) atoms. The van der Waals surface area contributed by atoms with Crippen LogP contribution >= 0.6 is 0 Å². The van der Waals surface area contributed by atoms with Crippen molar-refractivity contribution < 1.29 is 14.0 Å². The number of rotatable bonds is 2. The van der Waals surface area contributed by atoms with Crippen molar-refractivity contribution >= 4 is 5.91 Å². The second-order valence-corrected chi connectivity index (χ2v) is 2.15. The standard InChI is InChI=1S/C8H8FNO2/c1-12-7-4-2-6(3-5-7)8(11)10-9/h2-5H,1H3,(H,10,11). The number of methoxy groups -OCH3 is 1. The van der Waals surface area contributed by atoms with E-state index in [-0.39, 0.29) is 5.56 Å². The highest BCUT2D eigenvalue weighted by molar-refractivity contribution is 5.93. The van der Waals surface area contributed by atoms with Gasteiger partial charge in [-0.05, 0) is 24.3 Å². The van der Waals surface area contributed by atoms with Crippen molar-refractivity contribution in [1.29, 1.82) is 0 Å². The molecule has 0 fully saturated rings. The average Bonchev–Trinajstić information content (AvgIpc) is 2.17. The molecule has 0 bridgehead atoms. The number of hydrogen-bond acceptors (Lipinski definition) is 2. The Kier molecular flexibility index (Phi) is 2.63. The first kappa shape index (κ1) is 8.52. The summed E-state index contributed by atoms with van der Waals surface area (Å²) in [4.78, 5) is 10.7. The number of ether oxygens (including phenoxy) is 1. The van der Waals surface area contributed by atoms with Gasteiger partial charge in [0.1, 0.15) is 5.75 Å². The topological polar surface area (TPSA) is 38.3 Å². The van der Waals surface area contributed by atoms with Crippen LogP contribution in [0.3, 0.4) is 0 Å². The van der Waals surface area contributed by atoms with Crippen molar-refractivity contribution in [3.05, 3.63) is 29.8 Å². The van der Waals surface area contributed by atoms with E-state index >= 15 is 0 Å². The summed E-state index contributed by atoms with van der Waals surface area (Å²) in [5.41, 5.74) is 1.30. The minimum absolute atomic E-state index is 0.262. The van der Waals surface area contributed by atoms with Crippen LogP contribution in [-0.4, -0.2) is 13.0 Å². The third-order valence-electron chi connectivity index (χ3n) is 1.44. The normalized spacial score (nSPS) is 9.17. The first-order chi connectivity index (χ1) is 5.77. The molecule has 4 heteroatoms. The van der Waals surface area contributed by atoms with E-state index in [0.717, 1.165) is 5.54 Å². The lowest BCUT2D eigenvalue weighted by molar-refractivity contribution is 0.0859. The molecule has 0 aliphatic heterocycles. The maximum absolute atomic E-state index is 11.6. The fraction of sp³-hybridized carbons (Fsp3) is 0.125. The van der Waals surface area contributed by atoms with Gasteiger partial charge in [-0.25, -0.2) is 0 Å². The van der Waals surface area contributed by atoms with Gasteiger partial charge in [0.2, 0.25) is 0 Å². The molecule has 0 saturated carbocycles. The zero-order valence-electron chi connectivity index (χ0n) is 6.50. The van der Waals surface area contributed by atoms with Gasteiger partial charge in [0.25, 0.3) is 5.91 Å². The minimum Gasteiger partial charge on any atom is -0.497 e. The van der Waals surface area contributed by atoms with E-state index in [2.05, 4.69) is 0 Å². The Labute approximate surface area is 69.1 Å². The maximum atomic E-state index is 11.6. The number of hydrogen-bond donors (Lipinski definition) is 1. The van der Waals surface area contributed by atoms with Crippen LogP contribution < -0.4 is 10.3 Å². The molecule has 1 aromatic rings. The fourth-order valence-corrected chi connectivity index (χ4v) is 0.797. The molecule has 1 rings (SSSR count). The molecule has 0 aromatic heterocycles. The van der Waals surface area contributed by atoms with Gasteiger partial charge in [-0.1, -0.05) is 4.48 Å². The first-order valence-corrected chi connectivity index (χ1v) is 3.33. The first-order valence-electron chi connectivity index (χ1n) is 3.33. The van der Waals surface area contributed by atoms with Crippen LogP contribution in [0.25, 0.3) is 0 Å². The number of amides is 1. The molecule has 0 atom stereocenters. The van der Waals surface area contributed by atoms with Crippen LogP contribution in [0.4, 0.5) is 4.48 Å². The largest absolute Gasteiger partial charge is 0.497 e. The predicted octanol–water partition coefficient (Wildman–Crippen LogP) is 1.31. The van der Waals surface area contributed by atoms with Gasteiger partial charge >= 0.3 is 0 Å². The Balaban J connectivity index is 2.84. The van der Waals surface area contributed by atoms with Gasteiger partial charge in [0.05, 0.1) is 7.11 Å². The third kappa shape index (κ3) is 1.72. The quantitative estimate of drug-likeness (QED) is 0.678. The second kappa shape index (κ2) is 3.71. The van der Waals surface area contributed by atoms with Crippen LogP contribution in [0, 0.1) is 0 Å². The Morgan fingerprint density at radius 1 is 1.42 bits per heavy atom. The SMILES string of the molecule is COc1ccc(C(=O)NF)cc1. The molecule has 64 valence electrons. The van der Waals surface area contributed by atoms with E-state index in [1.807, 2.05) is 0 Å². The Morgan fingerprint density at radius 2 is 2.00 bits per heavy atom. The highest BCUT2D eigenvalue weighted by Crippen LogP contribution is 2.10. The van der Waals surface area contributed by atoms with E-state index in [1.165, 1.54) is 19.2 Å². The molecule has 0 radical (unpaired) electrons. The summed E-state index contributed by atoms with van der Waals surface area (Å²) in [6.45, 7) is 0. The second-order valence-electron chi connectivity index (χ2n) is 2.15. The van der Waals surface area contributed by atoms with Crippen molar-refractivity contribution in [2.45, 2.75) is 0 Å². The fourth-order valence-electron chi connectivity index (χ4n) is 0.797. The van der Waals surface area contributed by atoms with Gasteiger partial charge in [0.15, 0.2) is 0 Å². The molecule has 1 N–H and O–H groups in total. The number of nitrogens with one attached hydrogen (secondary N) is 1. The van der Waals surface area contributed by atoms with E-state index < -0.39 is 5.91 Å². The molecule has 0 aliphatic rings. The Hall–Kier alpha value is -1.58. The zero-order chi connectivity index (χ0) is 8.97. The number of carbonyl (C=O) groups is 1. The molecule has 3 nitrogen and oxygen atoms in total. The summed E-state index contributed by atoms with van der Waals surface area (Å²) in [7, 11) is 1.52. The lowest BCUT2D eigenvalue weighted by Gasteiger charge is -1.99. The van der Waals surface area contributed by atoms with Crippen LogP contribution in [0.15, 0.2) is 24.3 Å². The molecule has 0 heterocycles. The molecule has 1 amide bonds. The Bertz CT molecular complexity index is 271. The van der Waals surface area contributed by atoms with Gasteiger partial charge in [0, 0.05) is 5.56 Å². The van der Waals surface area contributed by atoms with Crippen molar-refractivity contribution in [1.82, 2.24) is 5.54 Å². The van der Waals surface area contributed by atoms with Crippen molar-refractivity contribution in [3.8, 4) is 5.75 Å². The van der Waals surface area contributed by atoms with Crippen LogP contribution in [0.5, 0.6) is 5.75 Å². The molecule has 0 saturated heterocycles. The molecule has 1 aromatic carbocycles. The van der Waals surface area contributed by atoms with E-state index in [4.69, 9.17) is 4.74 Å². The highest BCUT2D eigenvalue weighted by Gasteiger charge is 2.03. The predicted molar refractivity (Wildman–Crippen MR) is 41.6 cm³/mol. The van der Waals surface area contributed by atoms with Gasteiger partial charge in [-0.2, -0.15) is 5.54 Å². The van der Waals surface area contributed by atoms with Crippen molar-refractivity contribution in [2.75, 3.05) is 7.11 Å². The number of halogens is 1. The Morgan fingerprint density at radius 3 is 2.42 bits per heavy atom. The van der Waals surface area contributed by atoms with Crippen LogP contribution in [-0.2, 0) is 0 Å². The highest BCUT2D eigenvalue weighted by atomic mass is 19.2. The van der Waals surface area contributed by atoms with E-state index in [9.17, 15) is 9.28 Å². The van der Waals surface area contributed by atoms with Gasteiger partial charge in [-0.3, -0.25) is 4.79 Å². The summed E-state index contributed by atoms with van der Waals surface area (Å²) in [5, 5.41) is 0. The molecular formula is C8H8FNO2. The van der Waals surface area contributed by atoms with Crippen LogP contribution in [0.2, 0.25) is 0 Å². The van der Waals surface area contributed by atoms with Crippen molar-refractivity contribution in [3.63, 3.8) is 0 Å². The van der Waals surface area contributed by atoms with E-state index in [1.54, 1.807) is 12.1 Å². The third-order valence-corrected chi connectivity index (χ3v) is 1.44. The number of carbonyl (C=O) groups excluding carboxylic acids is 1. The summed E-state index contributed by atoms with van der Waals surface area (Å²) < 4.78 is 16.5. The summed E-state index contributed by atoms with van der Waals surface area (Å²) in [6, 6.07) is 6.14. The van der Waals surface area contributed by atoms with Crippen molar-refractivity contribution in [2.24, 2.45) is 0 Å². The summed E-state index contributed by atoms with van der Waals surface area (Å²) in [6.07, 6.45) is 0. The maximum Gasteiger partial charge on any atom is 0.278 e. The summed E-state index contributed by atoms with van der Waals surface area (Å²) in [5.74, 6) is -0.122. The average molecular weight is 169 g/mol. The molecular weight excluding hydrogens is 161 g/mol. The smallest absolute Gasteiger partial charge is 0.278 e.